The quantitative estimate of drug-likeness (QED) is 0.695. The van der Waals surface area contributed by atoms with E-state index in [1.165, 1.54) is 44.9 Å². The third kappa shape index (κ3) is 2.44. The number of hydrogen-bond acceptors (Lipinski definition) is 2. The van der Waals surface area contributed by atoms with Gasteiger partial charge in [-0.15, -0.1) is 0 Å². The summed E-state index contributed by atoms with van der Waals surface area (Å²) >= 11 is 0. The first-order chi connectivity index (χ1) is 6.35. The molecule has 0 aromatic heterocycles. The molecular weight excluding hydrogens is 162 g/mol. The second-order valence-corrected chi connectivity index (χ2v) is 4.82. The fourth-order valence-electron chi connectivity index (χ4n) is 2.29. The highest BCUT2D eigenvalue weighted by Crippen LogP contribution is 2.35. The Kier molecular flexibility index (Phi) is 2.89. The van der Waals surface area contributed by atoms with Crippen molar-refractivity contribution in [2.45, 2.75) is 50.5 Å². The van der Waals surface area contributed by atoms with Crippen LogP contribution in [-0.2, 0) is 0 Å². The Morgan fingerprint density at radius 3 is 2.38 bits per heavy atom. The molecule has 2 aliphatic rings. The van der Waals surface area contributed by atoms with Gasteiger partial charge in [-0.1, -0.05) is 19.3 Å². The van der Waals surface area contributed by atoms with E-state index in [0.717, 1.165) is 12.5 Å². The number of aliphatic hydroxyl groups is 1. The molecule has 2 N–H and O–H groups in total. The first kappa shape index (κ1) is 9.47. The Hall–Kier alpha value is -0.0800. The van der Waals surface area contributed by atoms with Gasteiger partial charge in [0.2, 0.25) is 0 Å². The lowest BCUT2D eigenvalue weighted by atomic mass is 9.89. The summed E-state index contributed by atoms with van der Waals surface area (Å²) in [7, 11) is 0. The minimum Gasteiger partial charge on any atom is -0.394 e. The van der Waals surface area contributed by atoms with Crippen LogP contribution in [0.15, 0.2) is 0 Å². The van der Waals surface area contributed by atoms with Crippen molar-refractivity contribution in [1.29, 1.82) is 0 Å². The van der Waals surface area contributed by atoms with Gasteiger partial charge >= 0.3 is 0 Å². The molecule has 0 amide bonds. The van der Waals surface area contributed by atoms with Gasteiger partial charge in [0.15, 0.2) is 0 Å². The van der Waals surface area contributed by atoms with E-state index in [1.54, 1.807) is 0 Å². The monoisotopic (exact) mass is 183 g/mol. The Labute approximate surface area is 80.7 Å². The van der Waals surface area contributed by atoms with Crippen molar-refractivity contribution in [3.05, 3.63) is 0 Å². The second-order valence-electron chi connectivity index (χ2n) is 4.82. The molecule has 0 aromatic carbocycles. The number of nitrogens with one attached hydrogen (secondary N) is 1. The first-order valence-corrected chi connectivity index (χ1v) is 5.71. The molecule has 0 unspecified atom stereocenters. The van der Waals surface area contributed by atoms with Crippen LogP contribution in [-0.4, -0.2) is 23.8 Å². The van der Waals surface area contributed by atoms with Gasteiger partial charge in [0.05, 0.1) is 6.61 Å². The van der Waals surface area contributed by atoms with Crippen LogP contribution in [0.3, 0.4) is 0 Å². The van der Waals surface area contributed by atoms with E-state index in [-0.39, 0.29) is 5.54 Å². The molecule has 2 heteroatoms. The summed E-state index contributed by atoms with van der Waals surface area (Å²) < 4.78 is 0. The van der Waals surface area contributed by atoms with Crippen molar-refractivity contribution in [1.82, 2.24) is 5.32 Å². The molecule has 0 bridgehead atoms. The van der Waals surface area contributed by atoms with Crippen LogP contribution < -0.4 is 5.32 Å². The smallest absolute Gasteiger partial charge is 0.0613 e. The normalized spacial score (nSPS) is 27.5. The van der Waals surface area contributed by atoms with E-state index < -0.39 is 0 Å². The van der Waals surface area contributed by atoms with Gasteiger partial charge in [-0.3, -0.25) is 0 Å². The maximum atomic E-state index is 9.12. The third-order valence-corrected chi connectivity index (χ3v) is 3.65. The lowest BCUT2D eigenvalue weighted by Crippen LogP contribution is -2.38. The average molecular weight is 183 g/mol. The number of rotatable bonds is 4. The minimum absolute atomic E-state index is 0.150. The molecular formula is C11H21NO. The van der Waals surface area contributed by atoms with E-state index >= 15 is 0 Å². The highest BCUT2D eigenvalue weighted by Gasteiger charge is 2.41. The molecule has 0 atom stereocenters. The Balaban J connectivity index is 1.66. The molecule has 0 heterocycles. The van der Waals surface area contributed by atoms with Gasteiger partial charge < -0.3 is 10.4 Å². The van der Waals surface area contributed by atoms with Crippen LogP contribution in [0.5, 0.6) is 0 Å². The molecule has 2 rings (SSSR count). The molecule has 0 radical (unpaired) electrons. The van der Waals surface area contributed by atoms with E-state index in [9.17, 15) is 0 Å². The summed E-state index contributed by atoms with van der Waals surface area (Å²) in [5, 5.41) is 12.7. The van der Waals surface area contributed by atoms with Crippen molar-refractivity contribution in [3.63, 3.8) is 0 Å². The fraction of sp³-hybridized carbons (Fsp3) is 1.00. The number of aliphatic hydroxyl groups excluding tert-OH is 1. The summed E-state index contributed by atoms with van der Waals surface area (Å²) in [6, 6.07) is 0. The largest absolute Gasteiger partial charge is 0.394 e. The van der Waals surface area contributed by atoms with Crippen LogP contribution in [0, 0.1) is 5.92 Å². The predicted octanol–water partition coefficient (Wildman–Crippen LogP) is 1.68. The van der Waals surface area contributed by atoms with E-state index in [1.807, 2.05) is 0 Å². The summed E-state index contributed by atoms with van der Waals surface area (Å²) in [6.07, 6.45) is 9.41. The van der Waals surface area contributed by atoms with Crippen LogP contribution in [0.2, 0.25) is 0 Å². The van der Waals surface area contributed by atoms with Crippen molar-refractivity contribution < 1.29 is 5.11 Å². The SMILES string of the molecule is OCC1(NCC2CCCCC2)CC1. The average Bonchev–Trinajstić information content (AvgIpc) is 2.97. The predicted molar refractivity (Wildman–Crippen MR) is 53.6 cm³/mol. The molecule has 2 saturated carbocycles. The van der Waals surface area contributed by atoms with Crippen LogP contribution in [0.4, 0.5) is 0 Å². The van der Waals surface area contributed by atoms with Crippen LogP contribution in [0.1, 0.15) is 44.9 Å². The first-order valence-electron chi connectivity index (χ1n) is 5.71. The zero-order valence-corrected chi connectivity index (χ0v) is 8.39. The second kappa shape index (κ2) is 3.97. The lowest BCUT2D eigenvalue weighted by Gasteiger charge is -2.24. The van der Waals surface area contributed by atoms with Gasteiger partial charge in [0, 0.05) is 5.54 Å². The Morgan fingerprint density at radius 2 is 1.85 bits per heavy atom. The molecule has 0 spiro atoms. The van der Waals surface area contributed by atoms with Gasteiger partial charge in [-0.2, -0.15) is 0 Å². The summed E-state index contributed by atoms with van der Waals surface area (Å²) in [5.74, 6) is 0.887. The van der Waals surface area contributed by atoms with E-state index in [0.29, 0.717) is 6.61 Å². The molecule has 76 valence electrons. The topological polar surface area (TPSA) is 32.3 Å². The zero-order valence-electron chi connectivity index (χ0n) is 8.39. The van der Waals surface area contributed by atoms with Gasteiger partial charge in [0.1, 0.15) is 0 Å². The molecule has 0 saturated heterocycles. The van der Waals surface area contributed by atoms with Crippen molar-refractivity contribution in [2.24, 2.45) is 5.92 Å². The summed E-state index contributed by atoms with van der Waals surface area (Å²) in [4.78, 5) is 0. The zero-order chi connectivity index (χ0) is 9.15. The highest BCUT2D eigenvalue weighted by atomic mass is 16.3. The molecule has 13 heavy (non-hydrogen) atoms. The maximum Gasteiger partial charge on any atom is 0.0613 e. The minimum atomic E-state index is 0.150. The third-order valence-electron chi connectivity index (χ3n) is 3.65. The Morgan fingerprint density at radius 1 is 1.15 bits per heavy atom. The summed E-state index contributed by atoms with van der Waals surface area (Å²) in [6.45, 7) is 1.47. The fourth-order valence-corrected chi connectivity index (χ4v) is 2.29. The molecule has 2 nitrogen and oxygen atoms in total. The van der Waals surface area contributed by atoms with Crippen molar-refractivity contribution >= 4 is 0 Å². The number of hydrogen-bond donors (Lipinski definition) is 2. The van der Waals surface area contributed by atoms with Crippen molar-refractivity contribution in [3.8, 4) is 0 Å². The lowest BCUT2D eigenvalue weighted by molar-refractivity contribution is 0.217. The molecule has 0 aromatic rings. The van der Waals surface area contributed by atoms with Crippen molar-refractivity contribution in [2.75, 3.05) is 13.2 Å². The standard InChI is InChI=1S/C11H21NO/c13-9-11(6-7-11)12-8-10-4-2-1-3-5-10/h10,12-13H,1-9H2. The highest BCUT2D eigenvalue weighted by molar-refractivity contribution is 5.01. The summed E-state index contributed by atoms with van der Waals surface area (Å²) in [5.41, 5.74) is 0.150. The van der Waals surface area contributed by atoms with Crippen LogP contribution >= 0.6 is 0 Å². The van der Waals surface area contributed by atoms with E-state index in [4.69, 9.17) is 5.11 Å². The van der Waals surface area contributed by atoms with Crippen LogP contribution in [0.25, 0.3) is 0 Å². The Bertz CT molecular complexity index is 159. The molecule has 0 aliphatic heterocycles. The van der Waals surface area contributed by atoms with Gasteiger partial charge in [0.25, 0.3) is 0 Å². The van der Waals surface area contributed by atoms with E-state index in [2.05, 4.69) is 5.32 Å². The molecule has 2 aliphatic carbocycles. The molecule has 2 fully saturated rings. The maximum absolute atomic E-state index is 9.12. The van der Waals surface area contributed by atoms with Gasteiger partial charge in [-0.25, -0.2) is 0 Å². The van der Waals surface area contributed by atoms with Gasteiger partial charge in [-0.05, 0) is 38.1 Å².